The van der Waals surface area contributed by atoms with Gasteiger partial charge in [-0.05, 0) is 0 Å². The SMILES string of the molecule is O=C(NCC(O)CO)C1COCCO1. The van der Waals surface area contributed by atoms with Crippen molar-refractivity contribution in [2.45, 2.75) is 12.2 Å². The number of hydrogen-bond acceptors (Lipinski definition) is 5. The molecule has 0 saturated carbocycles. The van der Waals surface area contributed by atoms with E-state index >= 15 is 0 Å². The Morgan fingerprint density at radius 1 is 1.57 bits per heavy atom. The number of carbonyl (C=O) groups excluding carboxylic acids is 1. The quantitative estimate of drug-likeness (QED) is 0.488. The highest BCUT2D eigenvalue weighted by molar-refractivity contribution is 5.80. The highest BCUT2D eigenvalue weighted by Gasteiger charge is 2.22. The fraction of sp³-hybridized carbons (Fsp3) is 0.875. The molecule has 0 spiro atoms. The van der Waals surface area contributed by atoms with Gasteiger partial charge in [0.2, 0.25) is 0 Å². The first-order chi connectivity index (χ1) is 6.74. The molecule has 0 aliphatic carbocycles. The predicted molar refractivity (Wildman–Crippen MR) is 46.7 cm³/mol. The molecule has 14 heavy (non-hydrogen) atoms. The van der Waals surface area contributed by atoms with Crippen LogP contribution in [0.25, 0.3) is 0 Å². The number of ether oxygens (including phenoxy) is 2. The van der Waals surface area contributed by atoms with Crippen molar-refractivity contribution in [3.8, 4) is 0 Å². The molecule has 6 nitrogen and oxygen atoms in total. The minimum atomic E-state index is -0.927. The molecular formula is C8H15NO5. The Hall–Kier alpha value is -0.690. The van der Waals surface area contributed by atoms with Gasteiger partial charge in [0.25, 0.3) is 5.91 Å². The fourth-order valence-electron chi connectivity index (χ4n) is 1.04. The van der Waals surface area contributed by atoms with Crippen molar-refractivity contribution in [3.05, 3.63) is 0 Å². The van der Waals surface area contributed by atoms with E-state index < -0.39 is 12.2 Å². The van der Waals surface area contributed by atoms with Crippen LogP contribution < -0.4 is 5.32 Å². The zero-order valence-electron chi connectivity index (χ0n) is 7.81. The van der Waals surface area contributed by atoms with Crippen molar-refractivity contribution in [2.24, 2.45) is 0 Å². The van der Waals surface area contributed by atoms with Crippen LogP contribution in [0.4, 0.5) is 0 Å². The van der Waals surface area contributed by atoms with Crippen molar-refractivity contribution in [2.75, 3.05) is 33.0 Å². The van der Waals surface area contributed by atoms with Gasteiger partial charge in [-0.2, -0.15) is 0 Å². The van der Waals surface area contributed by atoms with E-state index in [2.05, 4.69) is 5.32 Å². The summed E-state index contributed by atoms with van der Waals surface area (Å²) in [7, 11) is 0. The third-order valence-corrected chi connectivity index (χ3v) is 1.83. The molecule has 0 bridgehead atoms. The van der Waals surface area contributed by atoms with E-state index in [4.69, 9.17) is 19.7 Å². The summed E-state index contributed by atoms with van der Waals surface area (Å²) in [6, 6.07) is 0. The van der Waals surface area contributed by atoms with E-state index in [1.165, 1.54) is 0 Å². The first-order valence-electron chi connectivity index (χ1n) is 4.50. The molecule has 1 heterocycles. The van der Waals surface area contributed by atoms with Crippen LogP contribution in [0.3, 0.4) is 0 Å². The Bertz CT molecular complexity index is 181. The van der Waals surface area contributed by atoms with E-state index in [1.807, 2.05) is 0 Å². The second kappa shape index (κ2) is 5.92. The molecule has 82 valence electrons. The molecule has 1 fully saturated rings. The Morgan fingerprint density at radius 2 is 2.36 bits per heavy atom. The maximum Gasteiger partial charge on any atom is 0.251 e. The standard InChI is InChI=1S/C8H15NO5/c10-4-6(11)3-9-8(12)7-5-13-1-2-14-7/h6-7,10-11H,1-5H2,(H,9,12). The van der Waals surface area contributed by atoms with Crippen molar-refractivity contribution < 1.29 is 24.5 Å². The zero-order chi connectivity index (χ0) is 10.4. The lowest BCUT2D eigenvalue weighted by Gasteiger charge is -2.22. The molecule has 1 aliphatic heterocycles. The smallest absolute Gasteiger partial charge is 0.251 e. The molecule has 1 saturated heterocycles. The van der Waals surface area contributed by atoms with Crippen LogP contribution in [0.1, 0.15) is 0 Å². The summed E-state index contributed by atoms with van der Waals surface area (Å²) in [5, 5.41) is 19.9. The average molecular weight is 205 g/mol. The van der Waals surface area contributed by atoms with Crippen LogP contribution in [0, 0.1) is 0 Å². The summed E-state index contributed by atoms with van der Waals surface area (Å²) in [6.45, 7) is 0.794. The Labute approximate surface area is 81.8 Å². The molecule has 6 heteroatoms. The molecule has 3 N–H and O–H groups in total. The van der Waals surface area contributed by atoms with E-state index in [9.17, 15) is 4.79 Å². The van der Waals surface area contributed by atoms with Crippen LogP contribution >= 0.6 is 0 Å². The van der Waals surface area contributed by atoms with Gasteiger partial charge < -0.3 is 25.0 Å². The van der Waals surface area contributed by atoms with E-state index in [0.29, 0.717) is 13.2 Å². The lowest BCUT2D eigenvalue weighted by atomic mass is 10.3. The summed E-state index contributed by atoms with van der Waals surface area (Å²) in [6.07, 6.45) is -1.53. The first kappa shape index (κ1) is 11.4. The van der Waals surface area contributed by atoms with E-state index in [0.717, 1.165) is 0 Å². The van der Waals surface area contributed by atoms with Crippen molar-refractivity contribution in [1.29, 1.82) is 0 Å². The van der Waals surface area contributed by atoms with Crippen molar-refractivity contribution >= 4 is 5.91 Å². The number of hydrogen-bond donors (Lipinski definition) is 3. The Kier molecular flexibility index (Phi) is 4.81. The lowest BCUT2D eigenvalue weighted by molar-refractivity contribution is -0.148. The number of nitrogens with one attached hydrogen (secondary N) is 1. The maximum absolute atomic E-state index is 11.3. The number of aliphatic hydroxyl groups is 2. The van der Waals surface area contributed by atoms with E-state index in [-0.39, 0.29) is 25.7 Å². The van der Waals surface area contributed by atoms with Gasteiger partial charge in [0.05, 0.1) is 32.5 Å². The van der Waals surface area contributed by atoms with Crippen LogP contribution in [-0.2, 0) is 14.3 Å². The van der Waals surface area contributed by atoms with Gasteiger partial charge in [0, 0.05) is 6.54 Å². The monoisotopic (exact) mass is 205 g/mol. The van der Waals surface area contributed by atoms with Crippen LogP contribution in [0.15, 0.2) is 0 Å². The van der Waals surface area contributed by atoms with Crippen molar-refractivity contribution in [3.63, 3.8) is 0 Å². The summed E-state index contributed by atoms with van der Waals surface area (Å²) < 4.78 is 10.2. The number of amides is 1. The van der Waals surface area contributed by atoms with Crippen molar-refractivity contribution in [1.82, 2.24) is 5.32 Å². The highest BCUT2D eigenvalue weighted by Crippen LogP contribution is 2.00. The molecule has 1 aliphatic rings. The molecule has 0 aromatic carbocycles. The fourth-order valence-corrected chi connectivity index (χ4v) is 1.04. The molecule has 1 amide bonds. The van der Waals surface area contributed by atoms with Gasteiger partial charge in [0.1, 0.15) is 0 Å². The van der Waals surface area contributed by atoms with Gasteiger partial charge in [-0.15, -0.1) is 0 Å². The second-order valence-corrected chi connectivity index (χ2v) is 3.02. The summed E-state index contributed by atoms with van der Waals surface area (Å²) in [5.74, 6) is -0.322. The Balaban J connectivity index is 2.19. The molecule has 0 aromatic heterocycles. The van der Waals surface area contributed by atoms with Gasteiger partial charge in [0.15, 0.2) is 6.10 Å². The van der Waals surface area contributed by atoms with Gasteiger partial charge in [-0.25, -0.2) is 0 Å². The third kappa shape index (κ3) is 3.59. The topological polar surface area (TPSA) is 88.0 Å². The molecular weight excluding hydrogens is 190 g/mol. The first-order valence-corrected chi connectivity index (χ1v) is 4.50. The molecule has 0 aromatic rings. The minimum Gasteiger partial charge on any atom is -0.394 e. The van der Waals surface area contributed by atoms with Gasteiger partial charge in [-0.1, -0.05) is 0 Å². The third-order valence-electron chi connectivity index (χ3n) is 1.83. The number of rotatable bonds is 4. The van der Waals surface area contributed by atoms with Gasteiger partial charge in [-0.3, -0.25) is 4.79 Å². The normalized spacial score (nSPS) is 24.3. The average Bonchev–Trinajstić information content (AvgIpc) is 2.26. The molecule has 2 unspecified atom stereocenters. The second-order valence-electron chi connectivity index (χ2n) is 3.02. The zero-order valence-corrected chi connectivity index (χ0v) is 7.81. The van der Waals surface area contributed by atoms with Crippen LogP contribution in [0.2, 0.25) is 0 Å². The lowest BCUT2D eigenvalue weighted by Crippen LogP contribution is -2.45. The summed E-state index contributed by atoms with van der Waals surface area (Å²) >= 11 is 0. The Morgan fingerprint density at radius 3 is 2.93 bits per heavy atom. The largest absolute Gasteiger partial charge is 0.394 e. The van der Waals surface area contributed by atoms with Crippen LogP contribution in [0.5, 0.6) is 0 Å². The summed E-state index contributed by atoms with van der Waals surface area (Å²) in [5.41, 5.74) is 0. The number of aliphatic hydroxyl groups excluding tert-OH is 2. The van der Waals surface area contributed by atoms with Gasteiger partial charge >= 0.3 is 0 Å². The van der Waals surface area contributed by atoms with Crippen LogP contribution in [-0.4, -0.2) is 61.3 Å². The number of carbonyl (C=O) groups is 1. The minimum absolute atomic E-state index is 0.0230. The van der Waals surface area contributed by atoms with E-state index in [1.54, 1.807) is 0 Å². The summed E-state index contributed by atoms with van der Waals surface area (Å²) in [4.78, 5) is 11.3. The highest BCUT2D eigenvalue weighted by atomic mass is 16.6. The molecule has 2 atom stereocenters. The molecule has 1 rings (SSSR count). The molecule has 0 radical (unpaired) electrons. The maximum atomic E-state index is 11.3. The predicted octanol–water partition coefficient (Wildman–Crippen LogP) is -2.13.